The van der Waals surface area contributed by atoms with Crippen molar-refractivity contribution in [2.75, 3.05) is 18.0 Å². The summed E-state index contributed by atoms with van der Waals surface area (Å²) in [4.78, 5) is 25.9. The third-order valence-electron chi connectivity index (χ3n) is 3.64. The van der Waals surface area contributed by atoms with Crippen LogP contribution in [0.25, 0.3) is 0 Å². The van der Waals surface area contributed by atoms with Gasteiger partial charge in [-0.1, -0.05) is 18.2 Å². The second-order valence-corrected chi connectivity index (χ2v) is 6.61. The van der Waals surface area contributed by atoms with E-state index < -0.39 is 0 Å². The Kier molecular flexibility index (Phi) is 6.15. The predicted octanol–water partition coefficient (Wildman–Crippen LogP) is 3.85. The van der Waals surface area contributed by atoms with E-state index in [2.05, 4.69) is 27.3 Å². The lowest BCUT2D eigenvalue weighted by Crippen LogP contribution is -2.37. The van der Waals surface area contributed by atoms with E-state index in [9.17, 15) is 9.59 Å². The van der Waals surface area contributed by atoms with Gasteiger partial charge in [-0.2, -0.15) is 0 Å². The van der Waals surface area contributed by atoms with E-state index >= 15 is 0 Å². The van der Waals surface area contributed by atoms with Crippen LogP contribution in [0.1, 0.15) is 28.4 Å². The summed E-state index contributed by atoms with van der Waals surface area (Å²) < 4.78 is 0.750. The molecule has 0 saturated heterocycles. The fourth-order valence-corrected chi connectivity index (χ4v) is 3.06. The van der Waals surface area contributed by atoms with Crippen LogP contribution in [0.5, 0.6) is 0 Å². The van der Waals surface area contributed by atoms with E-state index in [1.807, 2.05) is 44.2 Å². The fraction of sp³-hybridized carbons (Fsp3) is 0.263. The smallest absolute Gasteiger partial charge is 0.252 e. The minimum absolute atomic E-state index is 0.0462. The highest BCUT2D eigenvalue weighted by atomic mass is 79.9. The molecule has 2 aromatic rings. The zero-order chi connectivity index (χ0) is 17.7. The molecule has 24 heavy (non-hydrogen) atoms. The van der Waals surface area contributed by atoms with Crippen molar-refractivity contribution in [3.63, 3.8) is 0 Å². The maximum atomic E-state index is 12.2. The van der Waals surface area contributed by atoms with Gasteiger partial charge in [0.25, 0.3) is 5.91 Å². The fourth-order valence-electron chi connectivity index (χ4n) is 2.60. The molecule has 0 heterocycles. The Labute approximate surface area is 151 Å². The van der Waals surface area contributed by atoms with Crippen LogP contribution in [-0.2, 0) is 4.79 Å². The molecule has 0 aliphatic rings. The number of nitrogens with one attached hydrogen (secondary N) is 1. The van der Waals surface area contributed by atoms with E-state index in [-0.39, 0.29) is 11.8 Å². The summed E-state index contributed by atoms with van der Waals surface area (Å²) in [6.07, 6.45) is 0. The van der Waals surface area contributed by atoms with Crippen molar-refractivity contribution in [1.82, 2.24) is 5.32 Å². The van der Waals surface area contributed by atoms with Crippen LogP contribution in [0.15, 0.2) is 46.9 Å². The maximum Gasteiger partial charge on any atom is 0.252 e. The molecule has 0 aliphatic carbocycles. The summed E-state index contributed by atoms with van der Waals surface area (Å²) in [7, 11) is 0. The van der Waals surface area contributed by atoms with Crippen LogP contribution < -0.4 is 10.2 Å². The number of anilines is 1. The second-order valence-electron chi connectivity index (χ2n) is 5.75. The summed E-state index contributed by atoms with van der Waals surface area (Å²) >= 11 is 3.37. The van der Waals surface area contributed by atoms with E-state index in [4.69, 9.17) is 0 Å². The third-order valence-corrected chi connectivity index (χ3v) is 4.33. The summed E-state index contributed by atoms with van der Waals surface area (Å²) in [5.41, 5.74) is 3.65. The van der Waals surface area contributed by atoms with Crippen LogP contribution in [0.2, 0.25) is 0 Å². The lowest BCUT2D eigenvalue weighted by Gasteiger charge is -2.22. The molecule has 5 heteroatoms. The molecule has 0 unspecified atom stereocenters. The number of rotatable bonds is 5. The van der Waals surface area contributed by atoms with Gasteiger partial charge >= 0.3 is 0 Å². The lowest BCUT2D eigenvalue weighted by atomic mass is 10.1. The quantitative estimate of drug-likeness (QED) is 0.845. The van der Waals surface area contributed by atoms with Gasteiger partial charge in [0.1, 0.15) is 0 Å². The van der Waals surface area contributed by atoms with E-state index in [1.165, 1.54) is 6.92 Å². The van der Waals surface area contributed by atoms with Gasteiger partial charge in [0.15, 0.2) is 0 Å². The molecule has 126 valence electrons. The summed E-state index contributed by atoms with van der Waals surface area (Å²) in [6, 6.07) is 13.3. The van der Waals surface area contributed by atoms with Gasteiger partial charge in [0.05, 0.1) is 5.56 Å². The van der Waals surface area contributed by atoms with Gasteiger partial charge in [-0.3, -0.25) is 9.59 Å². The highest BCUT2D eigenvalue weighted by molar-refractivity contribution is 9.10. The number of benzene rings is 2. The molecular weight excluding hydrogens is 368 g/mol. The highest BCUT2D eigenvalue weighted by Gasteiger charge is 2.14. The summed E-state index contributed by atoms with van der Waals surface area (Å²) in [5.74, 6) is -0.207. The van der Waals surface area contributed by atoms with Gasteiger partial charge in [-0.25, -0.2) is 0 Å². The molecule has 2 aromatic carbocycles. The van der Waals surface area contributed by atoms with E-state index in [0.717, 1.165) is 21.3 Å². The lowest BCUT2D eigenvalue weighted by molar-refractivity contribution is -0.116. The predicted molar refractivity (Wildman–Crippen MR) is 100 cm³/mol. The Hall–Kier alpha value is -2.14. The largest absolute Gasteiger partial charge is 0.350 e. The van der Waals surface area contributed by atoms with Crippen molar-refractivity contribution in [1.29, 1.82) is 0 Å². The first-order chi connectivity index (χ1) is 11.4. The monoisotopic (exact) mass is 388 g/mol. The van der Waals surface area contributed by atoms with E-state index in [1.54, 1.807) is 11.0 Å². The normalized spacial score (nSPS) is 10.3. The Morgan fingerprint density at radius 3 is 2.29 bits per heavy atom. The van der Waals surface area contributed by atoms with Crippen molar-refractivity contribution in [2.24, 2.45) is 0 Å². The minimum atomic E-state index is -0.161. The average molecular weight is 389 g/mol. The summed E-state index contributed by atoms with van der Waals surface area (Å²) in [5, 5.41) is 2.86. The average Bonchev–Trinajstić information content (AvgIpc) is 2.50. The van der Waals surface area contributed by atoms with Crippen LogP contribution in [0, 0.1) is 13.8 Å². The molecule has 2 rings (SSSR count). The Balaban J connectivity index is 2.03. The molecule has 0 atom stereocenters. The van der Waals surface area contributed by atoms with Crippen LogP contribution >= 0.6 is 15.9 Å². The molecule has 0 spiro atoms. The van der Waals surface area contributed by atoms with Gasteiger partial charge in [0, 0.05) is 30.2 Å². The molecule has 0 bridgehead atoms. The Morgan fingerprint density at radius 1 is 1.08 bits per heavy atom. The zero-order valence-corrected chi connectivity index (χ0v) is 15.7. The molecule has 0 radical (unpaired) electrons. The molecule has 2 amide bonds. The number of halogens is 1. The van der Waals surface area contributed by atoms with Crippen LogP contribution in [-0.4, -0.2) is 24.9 Å². The van der Waals surface area contributed by atoms with Crippen molar-refractivity contribution in [3.8, 4) is 0 Å². The van der Waals surface area contributed by atoms with Crippen molar-refractivity contribution < 1.29 is 9.59 Å². The molecule has 1 N–H and O–H groups in total. The number of nitrogens with zero attached hydrogens (tertiary/aromatic N) is 1. The first-order valence-electron chi connectivity index (χ1n) is 7.77. The Morgan fingerprint density at radius 2 is 1.71 bits per heavy atom. The van der Waals surface area contributed by atoms with Gasteiger partial charge in [0.2, 0.25) is 5.91 Å². The van der Waals surface area contributed by atoms with Crippen LogP contribution in [0.3, 0.4) is 0 Å². The number of amides is 2. The summed E-state index contributed by atoms with van der Waals surface area (Å²) in [6.45, 7) is 6.35. The Bertz CT molecular complexity index is 739. The van der Waals surface area contributed by atoms with E-state index in [0.29, 0.717) is 18.7 Å². The number of aryl methyl sites for hydroxylation is 2. The van der Waals surface area contributed by atoms with Crippen molar-refractivity contribution in [2.45, 2.75) is 20.8 Å². The van der Waals surface area contributed by atoms with Crippen molar-refractivity contribution >= 4 is 33.4 Å². The zero-order valence-electron chi connectivity index (χ0n) is 14.1. The minimum Gasteiger partial charge on any atom is -0.350 e. The SMILES string of the molecule is CC(=O)N(CCNC(=O)c1ccccc1Br)c1cc(C)cc(C)c1. The first kappa shape index (κ1) is 18.2. The molecule has 0 aliphatic heterocycles. The van der Waals surface area contributed by atoms with Crippen LogP contribution in [0.4, 0.5) is 5.69 Å². The second kappa shape index (κ2) is 8.11. The third kappa shape index (κ3) is 4.68. The number of carbonyl (C=O) groups excluding carboxylic acids is 2. The number of hydrogen-bond acceptors (Lipinski definition) is 2. The number of hydrogen-bond donors (Lipinski definition) is 1. The maximum absolute atomic E-state index is 12.2. The van der Waals surface area contributed by atoms with Gasteiger partial charge in [-0.05, 0) is 65.2 Å². The van der Waals surface area contributed by atoms with Crippen molar-refractivity contribution in [3.05, 3.63) is 63.6 Å². The topological polar surface area (TPSA) is 49.4 Å². The number of carbonyl (C=O) groups is 2. The highest BCUT2D eigenvalue weighted by Crippen LogP contribution is 2.19. The molecule has 4 nitrogen and oxygen atoms in total. The molecular formula is C19H21BrN2O2. The molecule has 0 saturated carbocycles. The standard InChI is InChI=1S/C19H21BrN2O2/c1-13-10-14(2)12-16(11-13)22(15(3)23)9-8-21-19(24)17-6-4-5-7-18(17)20/h4-7,10-12H,8-9H2,1-3H3,(H,21,24). The molecule has 0 aromatic heterocycles. The first-order valence-corrected chi connectivity index (χ1v) is 8.57. The van der Waals surface area contributed by atoms with Gasteiger partial charge < -0.3 is 10.2 Å². The molecule has 0 fully saturated rings. The van der Waals surface area contributed by atoms with Gasteiger partial charge in [-0.15, -0.1) is 0 Å².